The van der Waals surface area contributed by atoms with Crippen LogP contribution in [0.3, 0.4) is 0 Å². The number of thioether (sulfide) groups is 1. The first-order chi connectivity index (χ1) is 7.13. The fourth-order valence-corrected chi connectivity index (χ4v) is 1.80. The number of rotatable bonds is 4. The van der Waals surface area contributed by atoms with E-state index in [0.29, 0.717) is 11.4 Å². The van der Waals surface area contributed by atoms with E-state index in [9.17, 15) is 10.1 Å². The summed E-state index contributed by atoms with van der Waals surface area (Å²) < 4.78 is 5.07. The van der Waals surface area contributed by atoms with E-state index in [0.717, 1.165) is 4.90 Å². The minimum absolute atomic E-state index is 0.0205. The van der Waals surface area contributed by atoms with Gasteiger partial charge in [0.05, 0.1) is 23.0 Å². The van der Waals surface area contributed by atoms with Crippen LogP contribution in [0.15, 0.2) is 17.0 Å². The molecule has 0 fully saturated rings. The van der Waals surface area contributed by atoms with Crippen LogP contribution in [0.4, 0.5) is 11.4 Å². The molecule has 0 atom stereocenters. The minimum atomic E-state index is -0.432. The van der Waals surface area contributed by atoms with Crippen molar-refractivity contribution in [1.29, 1.82) is 0 Å². The van der Waals surface area contributed by atoms with E-state index >= 15 is 0 Å². The van der Waals surface area contributed by atoms with Gasteiger partial charge in [-0.25, -0.2) is 0 Å². The third-order valence-corrected chi connectivity index (χ3v) is 2.73. The fourth-order valence-electron chi connectivity index (χ4n) is 1.22. The third-order valence-electron chi connectivity index (χ3n) is 1.97. The Kier molecular flexibility index (Phi) is 3.79. The molecular weight excluding hydrogens is 216 g/mol. The molecule has 1 rings (SSSR count). The van der Waals surface area contributed by atoms with Crippen LogP contribution in [-0.2, 0) is 0 Å². The van der Waals surface area contributed by atoms with Gasteiger partial charge in [0.15, 0.2) is 0 Å². The van der Waals surface area contributed by atoms with Gasteiger partial charge in [0.1, 0.15) is 11.4 Å². The van der Waals surface area contributed by atoms with Crippen molar-refractivity contribution in [2.75, 3.05) is 25.7 Å². The zero-order valence-electron chi connectivity index (χ0n) is 8.73. The van der Waals surface area contributed by atoms with Crippen molar-refractivity contribution in [3.05, 3.63) is 22.2 Å². The topological polar surface area (TPSA) is 64.4 Å². The molecule has 0 aliphatic heterocycles. The van der Waals surface area contributed by atoms with Crippen LogP contribution in [0, 0.1) is 10.1 Å². The third kappa shape index (κ3) is 2.33. The maximum Gasteiger partial charge on any atom is 0.296 e. The Bertz CT molecular complexity index is 382. The lowest BCUT2D eigenvalue weighted by Gasteiger charge is -2.09. The number of hydrogen-bond donors (Lipinski definition) is 1. The first kappa shape index (κ1) is 11.6. The van der Waals surface area contributed by atoms with Gasteiger partial charge in [0, 0.05) is 7.05 Å². The highest BCUT2D eigenvalue weighted by atomic mass is 32.2. The summed E-state index contributed by atoms with van der Waals surface area (Å²) in [7, 11) is 3.15. The summed E-state index contributed by atoms with van der Waals surface area (Å²) in [5, 5.41) is 13.5. The first-order valence-electron chi connectivity index (χ1n) is 4.22. The van der Waals surface area contributed by atoms with E-state index < -0.39 is 4.92 Å². The monoisotopic (exact) mass is 228 g/mol. The van der Waals surface area contributed by atoms with Crippen molar-refractivity contribution >= 4 is 23.1 Å². The Labute approximate surface area is 92.0 Å². The zero-order chi connectivity index (χ0) is 11.4. The highest BCUT2D eigenvalue weighted by molar-refractivity contribution is 7.98. The summed E-state index contributed by atoms with van der Waals surface area (Å²) >= 11 is 1.48. The van der Waals surface area contributed by atoms with Gasteiger partial charge >= 0.3 is 0 Å². The zero-order valence-corrected chi connectivity index (χ0v) is 9.55. The van der Waals surface area contributed by atoms with Crippen LogP contribution in [0.2, 0.25) is 0 Å². The molecule has 0 bridgehead atoms. The van der Waals surface area contributed by atoms with Crippen LogP contribution in [0.1, 0.15) is 0 Å². The number of ether oxygens (including phenoxy) is 1. The Balaban J connectivity index is 3.34. The molecule has 0 aliphatic carbocycles. The molecule has 15 heavy (non-hydrogen) atoms. The summed E-state index contributed by atoms with van der Waals surface area (Å²) in [6, 6.07) is 3.14. The molecule has 0 aliphatic rings. The van der Waals surface area contributed by atoms with Crippen LogP contribution < -0.4 is 10.1 Å². The molecule has 0 heterocycles. The normalized spacial score (nSPS) is 9.80. The molecule has 0 unspecified atom stereocenters. The summed E-state index contributed by atoms with van der Waals surface area (Å²) in [6.45, 7) is 0. The lowest BCUT2D eigenvalue weighted by molar-refractivity contribution is -0.384. The van der Waals surface area contributed by atoms with E-state index in [2.05, 4.69) is 5.32 Å². The lowest BCUT2D eigenvalue weighted by Crippen LogP contribution is -1.98. The Morgan fingerprint density at radius 2 is 2.20 bits per heavy atom. The van der Waals surface area contributed by atoms with Gasteiger partial charge in [0.2, 0.25) is 0 Å². The molecule has 1 N–H and O–H groups in total. The van der Waals surface area contributed by atoms with Gasteiger partial charge in [0.25, 0.3) is 5.69 Å². The number of nitrogens with one attached hydrogen (secondary N) is 1. The van der Waals surface area contributed by atoms with Gasteiger partial charge in [-0.1, -0.05) is 0 Å². The second-order valence-electron chi connectivity index (χ2n) is 2.73. The highest BCUT2D eigenvalue weighted by Gasteiger charge is 2.17. The van der Waals surface area contributed by atoms with Gasteiger partial charge < -0.3 is 10.1 Å². The van der Waals surface area contributed by atoms with Crippen LogP contribution in [0.25, 0.3) is 0 Å². The van der Waals surface area contributed by atoms with Gasteiger partial charge in [-0.05, 0) is 12.3 Å². The number of hydrogen-bond acceptors (Lipinski definition) is 5. The fraction of sp³-hybridized carbons (Fsp3) is 0.333. The largest absolute Gasteiger partial charge is 0.495 e. The second kappa shape index (κ2) is 4.88. The molecule has 0 aromatic heterocycles. The maximum atomic E-state index is 10.8. The van der Waals surface area contributed by atoms with Crippen LogP contribution >= 0.6 is 11.8 Å². The average Bonchev–Trinajstić information content (AvgIpc) is 2.26. The van der Waals surface area contributed by atoms with E-state index in [-0.39, 0.29) is 5.69 Å². The molecule has 1 aromatic rings. The van der Waals surface area contributed by atoms with Crippen molar-refractivity contribution in [3.63, 3.8) is 0 Å². The van der Waals surface area contributed by atoms with Crippen LogP contribution in [-0.4, -0.2) is 25.3 Å². The number of nitrogens with zero attached hydrogens (tertiary/aromatic N) is 1. The van der Waals surface area contributed by atoms with E-state index in [1.165, 1.54) is 24.9 Å². The highest BCUT2D eigenvalue weighted by Crippen LogP contribution is 2.36. The number of nitro benzene ring substituents is 1. The number of nitro groups is 1. The summed E-state index contributed by atoms with van der Waals surface area (Å²) in [5.74, 6) is 0.521. The maximum absolute atomic E-state index is 10.8. The Hall–Kier alpha value is -1.43. The Morgan fingerprint density at radius 1 is 1.53 bits per heavy atom. The molecule has 0 saturated carbocycles. The smallest absolute Gasteiger partial charge is 0.296 e. The number of benzene rings is 1. The number of methoxy groups -OCH3 is 1. The molecule has 0 saturated heterocycles. The molecule has 1 aromatic carbocycles. The number of anilines is 1. The van der Waals surface area contributed by atoms with E-state index in [4.69, 9.17) is 4.74 Å². The summed E-state index contributed by atoms with van der Waals surface area (Å²) in [4.78, 5) is 11.2. The predicted molar refractivity (Wildman–Crippen MR) is 61.0 cm³/mol. The standard InChI is InChI=1S/C9H12N2O3S/c1-10-6-4-9(15-3)8(14-2)5-7(6)11(12)13/h4-5,10H,1-3H3. The van der Waals surface area contributed by atoms with Gasteiger partial charge in [-0.2, -0.15) is 0 Å². The molecule has 0 radical (unpaired) electrons. The molecular formula is C9H12N2O3S. The summed E-state index contributed by atoms with van der Waals surface area (Å²) in [5.41, 5.74) is 0.511. The van der Waals surface area contributed by atoms with Crippen molar-refractivity contribution < 1.29 is 9.66 Å². The van der Waals surface area contributed by atoms with E-state index in [1.54, 1.807) is 13.1 Å². The van der Waals surface area contributed by atoms with Gasteiger partial charge in [-0.15, -0.1) is 11.8 Å². The Morgan fingerprint density at radius 3 is 2.60 bits per heavy atom. The van der Waals surface area contributed by atoms with Crippen molar-refractivity contribution in [2.24, 2.45) is 0 Å². The summed E-state index contributed by atoms with van der Waals surface area (Å²) in [6.07, 6.45) is 1.89. The molecule has 5 nitrogen and oxygen atoms in total. The molecule has 0 amide bonds. The second-order valence-corrected chi connectivity index (χ2v) is 3.58. The van der Waals surface area contributed by atoms with Crippen LogP contribution in [0.5, 0.6) is 5.75 Å². The van der Waals surface area contributed by atoms with Crippen molar-refractivity contribution in [1.82, 2.24) is 0 Å². The van der Waals surface area contributed by atoms with Crippen molar-refractivity contribution in [2.45, 2.75) is 4.90 Å². The van der Waals surface area contributed by atoms with E-state index in [1.807, 2.05) is 6.26 Å². The molecule has 6 heteroatoms. The quantitative estimate of drug-likeness (QED) is 0.487. The SMILES string of the molecule is CNc1cc(SC)c(OC)cc1[N+](=O)[O-]. The molecule has 82 valence electrons. The first-order valence-corrected chi connectivity index (χ1v) is 5.44. The lowest BCUT2D eigenvalue weighted by atomic mass is 10.2. The van der Waals surface area contributed by atoms with Gasteiger partial charge in [-0.3, -0.25) is 10.1 Å². The minimum Gasteiger partial charge on any atom is -0.495 e. The molecule has 0 spiro atoms. The predicted octanol–water partition coefficient (Wildman–Crippen LogP) is 2.37. The average molecular weight is 228 g/mol. The van der Waals surface area contributed by atoms with Crippen molar-refractivity contribution in [3.8, 4) is 5.75 Å².